The van der Waals surface area contributed by atoms with Gasteiger partial charge in [0, 0.05) is 32.4 Å². The number of carbonyl (C=O) groups excluding carboxylic acids is 2. The van der Waals surface area contributed by atoms with Crippen molar-refractivity contribution in [3.63, 3.8) is 0 Å². The zero-order valence-corrected chi connectivity index (χ0v) is 14.4. The smallest absolute Gasteiger partial charge is 0.290 e. The summed E-state index contributed by atoms with van der Waals surface area (Å²) in [6.45, 7) is 8.13. The lowest BCUT2D eigenvalue weighted by molar-refractivity contribution is -0.115. The van der Waals surface area contributed by atoms with E-state index in [-0.39, 0.29) is 5.24 Å². The first-order chi connectivity index (χ1) is 11.0. The summed E-state index contributed by atoms with van der Waals surface area (Å²) in [5.41, 5.74) is 0. The fourth-order valence-electron chi connectivity index (χ4n) is 2.13. The molecule has 0 spiro atoms. The Morgan fingerprint density at radius 1 is 1.26 bits per heavy atom. The van der Waals surface area contributed by atoms with Crippen LogP contribution in [0.3, 0.4) is 0 Å². The highest BCUT2D eigenvalue weighted by Crippen LogP contribution is 2.24. The molecule has 0 aliphatic carbocycles. The van der Waals surface area contributed by atoms with Crippen molar-refractivity contribution in [1.82, 2.24) is 20.2 Å². The highest BCUT2D eigenvalue weighted by Gasteiger charge is 2.25. The molecule has 0 bridgehead atoms. The van der Waals surface area contributed by atoms with Gasteiger partial charge in [0.2, 0.25) is 0 Å². The summed E-state index contributed by atoms with van der Waals surface area (Å²) in [5.74, 6) is 0.808. The molecular weight excluding hydrogens is 314 g/mol. The van der Waals surface area contributed by atoms with Gasteiger partial charge in [0.05, 0.1) is 4.91 Å². The maximum absolute atomic E-state index is 11.6. The standard InChI is InChI=1S/C15H21N5O2S/c1-4-20(5-2)9-8-19(3)13-6-7-16-12(17-13)10-11-14(21)18-15(22)23-11/h6-7,10H,4-5,8-9H2,1-3H3,(H,18,21,22)/b11-10+. The van der Waals surface area contributed by atoms with Gasteiger partial charge in [0.15, 0.2) is 5.82 Å². The van der Waals surface area contributed by atoms with E-state index in [1.807, 2.05) is 13.1 Å². The van der Waals surface area contributed by atoms with Crippen LogP contribution in [0.25, 0.3) is 6.08 Å². The molecule has 23 heavy (non-hydrogen) atoms. The number of anilines is 1. The van der Waals surface area contributed by atoms with Gasteiger partial charge in [-0.15, -0.1) is 0 Å². The summed E-state index contributed by atoms with van der Waals surface area (Å²) < 4.78 is 0. The number of carbonyl (C=O) groups is 2. The first kappa shape index (κ1) is 17.4. The molecule has 124 valence electrons. The van der Waals surface area contributed by atoms with Crippen molar-refractivity contribution in [1.29, 1.82) is 0 Å². The molecule has 0 saturated carbocycles. The van der Waals surface area contributed by atoms with Crippen LogP contribution in [0.4, 0.5) is 10.6 Å². The lowest BCUT2D eigenvalue weighted by Crippen LogP contribution is -2.33. The molecule has 1 aliphatic heterocycles. The Morgan fingerprint density at radius 2 is 2.00 bits per heavy atom. The molecule has 7 nitrogen and oxygen atoms in total. The van der Waals surface area contributed by atoms with Crippen molar-refractivity contribution in [2.75, 3.05) is 38.1 Å². The van der Waals surface area contributed by atoms with Crippen molar-refractivity contribution in [2.45, 2.75) is 13.8 Å². The molecule has 2 heterocycles. The lowest BCUT2D eigenvalue weighted by Gasteiger charge is -2.23. The molecule has 0 radical (unpaired) electrons. The Balaban J connectivity index is 2.06. The number of hydrogen-bond donors (Lipinski definition) is 1. The van der Waals surface area contributed by atoms with Crippen LogP contribution in [0.1, 0.15) is 19.7 Å². The van der Waals surface area contributed by atoms with Crippen molar-refractivity contribution in [2.24, 2.45) is 0 Å². The van der Waals surface area contributed by atoms with Gasteiger partial charge >= 0.3 is 0 Å². The second-order valence-corrected chi connectivity index (χ2v) is 6.09. The fourth-order valence-corrected chi connectivity index (χ4v) is 2.78. The van der Waals surface area contributed by atoms with Gasteiger partial charge in [0.1, 0.15) is 5.82 Å². The Kier molecular flexibility index (Phi) is 6.12. The van der Waals surface area contributed by atoms with Crippen LogP contribution in [0.2, 0.25) is 0 Å². The number of hydrogen-bond acceptors (Lipinski definition) is 7. The summed E-state index contributed by atoms with van der Waals surface area (Å²) in [7, 11) is 1.98. The van der Waals surface area contributed by atoms with Crippen molar-refractivity contribution in [3.8, 4) is 0 Å². The Hall–Kier alpha value is -1.93. The van der Waals surface area contributed by atoms with Crippen molar-refractivity contribution >= 4 is 34.8 Å². The largest absolute Gasteiger partial charge is 0.358 e. The molecule has 1 saturated heterocycles. The van der Waals surface area contributed by atoms with Crippen LogP contribution in [-0.4, -0.2) is 59.2 Å². The summed E-state index contributed by atoms with van der Waals surface area (Å²) >= 11 is 0.864. The first-order valence-electron chi connectivity index (χ1n) is 7.54. The average Bonchev–Trinajstić information content (AvgIpc) is 2.86. The van der Waals surface area contributed by atoms with Crippen LogP contribution >= 0.6 is 11.8 Å². The van der Waals surface area contributed by atoms with Gasteiger partial charge < -0.3 is 9.80 Å². The monoisotopic (exact) mass is 335 g/mol. The van der Waals surface area contributed by atoms with E-state index >= 15 is 0 Å². The number of amides is 2. The second kappa shape index (κ2) is 8.07. The molecule has 2 rings (SSSR count). The van der Waals surface area contributed by atoms with Crippen LogP contribution in [0, 0.1) is 0 Å². The van der Waals surface area contributed by atoms with E-state index < -0.39 is 5.91 Å². The summed E-state index contributed by atoms with van der Waals surface area (Å²) in [6.07, 6.45) is 3.19. The van der Waals surface area contributed by atoms with Crippen molar-refractivity contribution in [3.05, 3.63) is 23.0 Å². The van der Waals surface area contributed by atoms with Gasteiger partial charge in [-0.2, -0.15) is 0 Å². The number of thioether (sulfide) groups is 1. The maximum Gasteiger partial charge on any atom is 0.290 e. The fraction of sp³-hybridized carbons (Fsp3) is 0.467. The minimum absolute atomic E-state index is 0.318. The third kappa shape index (κ3) is 4.77. The lowest BCUT2D eigenvalue weighted by atomic mass is 10.4. The number of rotatable bonds is 7. The predicted molar refractivity (Wildman–Crippen MR) is 92.2 cm³/mol. The highest BCUT2D eigenvalue weighted by molar-refractivity contribution is 8.18. The minimum atomic E-state index is -0.399. The molecule has 0 unspecified atom stereocenters. The molecule has 0 atom stereocenters. The second-order valence-electron chi connectivity index (χ2n) is 5.07. The van der Waals surface area contributed by atoms with Crippen LogP contribution in [0.5, 0.6) is 0 Å². The van der Waals surface area contributed by atoms with Crippen LogP contribution in [0.15, 0.2) is 17.2 Å². The first-order valence-corrected chi connectivity index (χ1v) is 8.36. The number of imide groups is 1. The van der Waals surface area contributed by atoms with Gasteiger partial charge in [-0.05, 0) is 30.9 Å². The van der Waals surface area contributed by atoms with Crippen molar-refractivity contribution < 1.29 is 9.59 Å². The molecular formula is C15H21N5O2S. The Bertz CT molecular complexity index is 616. The number of nitrogens with zero attached hydrogens (tertiary/aromatic N) is 4. The quantitative estimate of drug-likeness (QED) is 0.758. The van der Waals surface area contributed by atoms with E-state index in [9.17, 15) is 9.59 Å². The van der Waals surface area contributed by atoms with E-state index in [4.69, 9.17) is 0 Å². The molecule has 8 heteroatoms. The molecule has 0 aromatic carbocycles. The third-order valence-corrected chi connectivity index (χ3v) is 4.41. The van der Waals surface area contributed by atoms with Gasteiger partial charge in [-0.1, -0.05) is 13.8 Å². The Morgan fingerprint density at radius 3 is 2.61 bits per heavy atom. The summed E-state index contributed by atoms with van der Waals surface area (Å²) in [4.78, 5) is 36.0. The third-order valence-electron chi connectivity index (χ3n) is 3.60. The average molecular weight is 335 g/mol. The molecule has 2 amide bonds. The highest BCUT2D eigenvalue weighted by atomic mass is 32.2. The predicted octanol–water partition coefficient (Wildman–Crippen LogP) is 1.58. The van der Waals surface area contributed by atoms with Gasteiger partial charge in [-0.25, -0.2) is 9.97 Å². The number of likely N-dealkylation sites (N-methyl/N-ethyl adjacent to an activating group) is 2. The number of aromatic nitrogens is 2. The van der Waals surface area contributed by atoms with Crippen LogP contribution < -0.4 is 10.2 Å². The van der Waals surface area contributed by atoms with E-state index in [1.165, 1.54) is 6.08 Å². The zero-order chi connectivity index (χ0) is 16.8. The normalized spacial score (nSPS) is 16.3. The molecule has 1 aromatic heterocycles. The minimum Gasteiger partial charge on any atom is -0.358 e. The van der Waals surface area contributed by atoms with E-state index in [1.54, 1.807) is 6.20 Å². The summed E-state index contributed by atoms with van der Waals surface area (Å²) in [5, 5.41) is 1.85. The zero-order valence-electron chi connectivity index (χ0n) is 13.6. The topological polar surface area (TPSA) is 78.4 Å². The molecule has 1 fully saturated rings. The summed E-state index contributed by atoms with van der Waals surface area (Å²) in [6, 6.07) is 1.83. The number of nitrogens with one attached hydrogen (secondary N) is 1. The van der Waals surface area contributed by atoms with Gasteiger partial charge in [0.25, 0.3) is 11.1 Å². The van der Waals surface area contributed by atoms with E-state index in [0.717, 1.165) is 43.8 Å². The van der Waals surface area contributed by atoms with E-state index in [0.29, 0.717) is 10.7 Å². The van der Waals surface area contributed by atoms with Crippen LogP contribution in [-0.2, 0) is 4.79 Å². The van der Waals surface area contributed by atoms with Gasteiger partial charge in [-0.3, -0.25) is 14.9 Å². The van der Waals surface area contributed by atoms with E-state index in [2.05, 4.69) is 38.9 Å². The molecule has 1 N–H and O–H groups in total. The molecule has 1 aromatic rings. The molecule has 1 aliphatic rings. The maximum atomic E-state index is 11.6. The Labute approximate surface area is 140 Å². The SMILES string of the molecule is CCN(CC)CCN(C)c1ccnc(/C=C2/SC(=O)NC2=O)n1.